The van der Waals surface area contributed by atoms with Gasteiger partial charge in [-0.1, -0.05) is 42.0 Å². The lowest BCUT2D eigenvalue weighted by Crippen LogP contribution is -2.36. The number of hydrogen-bond acceptors (Lipinski definition) is 2. The van der Waals surface area contributed by atoms with Crippen molar-refractivity contribution in [3.63, 3.8) is 0 Å². The van der Waals surface area contributed by atoms with E-state index in [9.17, 15) is 4.39 Å². The molecule has 1 N–H and O–H groups in total. The van der Waals surface area contributed by atoms with Crippen LogP contribution < -0.4 is 0 Å². The van der Waals surface area contributed by atoms with Gasteiger partial charge in [0.25, 0.3) is 0 Å². The highest BCUT2D eigenvalue weighted by Crippen LogP contribution is 2.46. The molecular weight excluding hydrogens is 325 g/mol. The van der Waals surface area contributed by atoms with E-state index < -0.39 is 0 Å². The van der Waals surface area contributed by atoms with Gasteiger partial charge in [0, 0.05) is 12.5 Å². The zero-order chi connectivity index (χ0) is 18.1. The first-order valence-corrected chi connectivity index (χ1v) is 9.57. The maximum absolute atomic E-state index is 13.3. The van der Waals surface area contributed by atoms with Gasteiger partial charge >= 0.3 is 0 Å². The summed E-state index contributed by atoms with van der Waals surface area (Å²) in [6.45, 7) is 5.29. The highest BCUT2D eigenvalue weighted by atomic mass is 19.1. The molecule has 4 rings (SSSR count). The molecule has 0 saturated carbocycles. The van der Waals surface area contributed by atoms with Crippen molar-refractivity contribution in [2.24, 2.45) is 5.92 Å². The van der Waals surface area contributed by atoms with Crippen LogP contribution in [-0.4, -0.2) is 36.2 Å². The number of halogens is 1. The quantitative estimate of drug-likeness (QED) is 0.884. The molecule has 2 nitrogen and oxygen atoms in total. The van der Waals surface area contributed by atoms with Crippen LogP contribution in [0.5, 0.6) is 0 Å². The van der Waals surface area contributed by atoms with Crippen LogP contribution in [0.1, 0.15) is 41.0 Å². The first kappa shape index (κ1) is 17.4. The van der Waals surface area contributed by atoms with E-state index in [1.807, 2.05) is 12.1 Å². The Morgan fingerprint density at radius 3 is 2.50 bits per heavy atom. The number of hydrogen-bond donors (Lipinski definition) is 1. The molecule has 0 radical (unpaired) electrons. The molecule has 0 spiro atoms. The van der Waals surface area contributed by atoms with Crippen LogP contribution in [-0.2, 0) is 0 Å². The summed E-state index contributed by atoms with van der Waals surface area (Å²) < 4.78 is 13.3. The van der Waals surface area contributed by atoms with E-state index >= 15 is 0 Å². The van der Waals surface area contributed by atoms with Crippen LogP contribution in [0.4, 0.5) is 4.39 Å². The summed E-state index contributed by atoms with van der Waals surface area (Å²) in [6, 6.07) is 13.6. The molecule has 26 heavy (non-hydrogen) atoms. The average molecular weight is 351 g/mol. The molecule has 1 aliphatic carbocycles. The molecule has 136 valence electrons. The van der Waals surface area contributed by atoms with Gasteiger partial charge in [-0.15, -0.1) is 0 Å². The van der Waals surface area contributed by atoms with E-state index in [-0.39, 0.29) is 12.4 Å². The Balaban J connectivity index is 1.65. The van der Waals surface area contributed by atoms with Crippen molar-refractivity contribution < 1.29 is 9.50 Å². The Bertz CT molecular complexity index is 803. The van der Waals surface area contributed by atoms with Crippen LogP contribution in [0, 0.1) is 18.7 Å². The minimum Gasteiger partial charge on any atom is -0.395 e. The molecule has 1 fully saturated rings. The number of nitrogens with zero attached hydrogens (tertiary/aromatic N) is 1. The number of likely N-dealkylation sites (tertiary alicyclic amines) is 1. The van der Waals surface area contributed by atoms with Gasteiger partial charge in [-0.2, -0.15) is 0 Å². The lowest BCUT2D eigenvalue weighted by atomic mass is 9.81. The number of piperidine rings is 1. The molecule has 1 heterocycles. The number of benzene rings is 2. The molecule has 1 atom stereocenters. The molecule has 0 bridgehead atoms. The Kier molecular flexibility index (Phi) is 4.92. The fraction of sp³-hybridized carbons (Fsp3) is 0.391. The maximum atomic E-state index is 13.3. The smallest absolute Gasteiger partial charge is 0.123 e. The van der Waals surface area contributed by atoms with Crippen LogP contribution in [0.25, 0.3) is 5.57 Å². The van der Waals surface area contributed by atoms with Crippen molar-refractivity contribution in [3.8, 4) is 0 Å². The van der Waals surface area contributed by atoms with Gasteiger partial charge in [0.05, 0.1) is 6.61 Å². The second-order valence-corrected chi connectivity index (χ2v) is 7.61. The highest BCUT2D eigenvalue weighted by molar-refractivity contribution is 5.86. The minimum atomic E-state index is -0.190. The fourth-order valence-corrected chi connectivity index (χ4v) is 4.51. The summed E-state index contributed by atoms with van der Waals surface area (Å²) >= 11 is 0. The lowest BCUT2D eigenvalue weighted by Gasteiger charge is -2.34. The largest absolute Gasteiger partial charge is 0.395 e. The summed E-state index contributed by atoms with van der Waals surface area (Å²) in [4.78, 5) is 2.35. The van der Waals surface area contributed by atoms with Crippen molar-refractivity contribution in [2.75, 3.05) is 26.2 Å². The Morgan fingerprint density at radius 2 is 1.81 bits per heavy atom. The van der Waals surface area contributed by atoms with Crippen molar-refractivity contribution in [3.05, 3.63) is 76.6 Å². The average Bonchev–Trinajstić information content (AvgIpc) is 3.02. The molecule has 1 aliphatic heterocycles. The maximum Gasteiger partial charge on any atom is 0.123 e. The summed E-state index contributed by atoms with van der Waals surface area (Å²) in [5, 5.41) is 9.16. The summed E-state index contributed by atoms with van der Waals surface area (Å²) in [6.07, 6.45) is 4.72. The topological polar surface area (TPSA) is 23.5 Å². The van der Waals surface area contributed by atoms with Crippen molar-refractivity contribution in [2.45, 2.75) is 25.7 Å². The number of allylic oxidation sites excluding steroid dienone is 1. The Hall–Kier alpha value is -1.97. The predicted molar refractivity (Wildman–Crippen MR) is 104 cm³/mol. The van der Waals surface area contributed by atoms with E-state index in [4.69, 9.17) is 5.11 Å². The van der Waals surface area contributed by atoms with Gasteiger partial charge < -0.3 is 10.0 Å². The third-order valence-electron chi connectivity index (χ3n) is 5.91. The lowest BCUT2D eigenvalue weighted by molar-refractivity contribution is 0.143. The molecule has 0 aromatic heterocycles. The fourth-order valence-electron chi connectivity index (χ4n) is 4.51. The van der Waals surface area contributed by atoms with Crippen LogP contribution in [0.2, 0.25) is 0 Å². The summed E-state index contributed by atoms with van der Waals surface area (Å²) in [7, 11) is 0. The zero-order valence-corrected chi connectivity index (χ0v) is 15.3. The first-order valence-electron chi connectivity index (χ1n) is 9.57. The molecule has 2 aliphatic rings. The normalized spacial score (nSPS) is 20.9. The number of aryl methyl sites for hydroxylation is 1. The van der Waals surface area contributed by atoms with E-state index in [1.165, 1.54) is 22.3 Å². The third kappa shape index (κ3) is 3.34. The number of fused-ring (bicyclic) bond motifs is 1. The van der Waals surface area contributed by atoms with E-state index in [0.717, 1.165) is 38.0 Å². The second-order valence-electron chi connectivity index (χ2n) is 7.61. The molecular formula is C23H26FNO. The molecule has 1 unspecified atom stereocenters. The van der Waals surface area contributed by atoms with Crippen molar-refractivity contribution >= 4 is 5.57 Å². The second kappa shape index (κ2) is 7.34. The van der Waals surface area contributed by atoms with Gasteiger partial charge in [0.2, 0.25) is 0 Å². The molecule has 3 heteroatoms. The Labute approximate surface area is 155 Å². The monoisotopic (exact) mass is 351 g/mol. The SMILES string of the molecule is Cc1ccc2c(c1)C(C1CCN(CCO)CC1)C=C2c1ccc(F)cc1. The van der Waals surface area contributed by atoms with E-state index in [1.54, 1.807) is 12.1 Å². The molecule has 0 amide bonds. The van der Waals surface area contributed by atoms with Crippen LogP contribution in [0.15, 0.2) is 48.5 Å². The highest BCUT2D eigenvalue weighted by Gasteiger charge is 2.32. The standard InChI is InChI=1S/C23H26FNO/c1-16-2-7-20-21(17-3-5-19(24)6-4-17)15-22(23(20)14-16)18-8-10-25(11-9-18)12-13-26/h2-7,14-15,18,22,26H,8-13H2,1H3. The summed E-state index contributed by atoms with van der Waals surface area (Å²) in [5.41, 5.74) is 6.34. The minimum absolute atomic E-state index is 0.190. The molecule has 1 saturated heterocycles. The van der Waals surface area contributed by atoms with Gasteiger partial charge in [-0.25, -0.2) is 4.39 Å². The van der Waals surface area contributed by atoms with Crippen LogP contribution >= 0.6 is 0 Å². The summed E-state index contributed by atoms with van der Waals surface area (Å²) in [5.74, 6) is 0.869. The first-order chi connectivity index (χ1) is 12.7. The number of aliphatic hydroxyl groups excluding tert-OH is 1. The van der Waals surface area contributed by atoms with Gasteiger partial charge in [-0.3, -0.25) is 0 Å². The van der Waals surface area contributed by atoms with Crippen molar-refractivity contribution in [1.29, 1.82) is 0 Å². The Morgan fingerprint density at radius 1 is 1.08 bits per heavy atom. The molecule has 2 aromatic rings. The number of rotatable bonds is 4. The van der Waals surface area contributed by atoms with E-state index in [0.29, 0.717) is 11.8 Å². The zero-order valence-electron chi connectivity index (χ0n) is 15.3. The van der Waals surface area contributed by atoms with Crippen LogP contribution in [0.3, 0.4) is 0 Å². The predicted octanol–water partition coefficient (Wildman–Crippen LogP) is 4.37. The third-order valence-corrected chi connectivity index (χ3v) is 5.91. The number of aliphatic hydroxyl groups is 1. The van der Waals surface area contributed by atoms with Gasteiger partial charge in [0.15, 0.2) is 0 Å². The number of β-amino-alcohol motifs (C(OH)–C–C–N with tert-alkyl or cyclic N) is 1. The van der Waals surface area contributed by atoms with Gasteiger partial charge in [0.1, 0.15) is 5.82 Å². The molecule has 2 aromatic carbocycles. The van der Waals surface area contributed by atoms with Gasteiger partial charge in [-0.05, 0) is 73.2 Å². The van der Waals surface area contributed by atoms with Crippen molar-refractivity contribution in [1.82, 2.24) is 4.90 Å². The van der Waals surface area contributed by atoms with E-state index in [2.05, 4.69) is 36.1 Å².